The summed E-state index contributed by atoms with van der Waals surface area (Å²) in [5.41, 5.74) is 0.783. The third kappa shape index (κ3) is 7.53. The summed E-state index contributed by atoms with van der Waals surface area (Å²) in [6.45, 7) is 5.55. The van der Waals surface area contributed by atoms with Crippen molar-refractivity contribution in [2.75, 3.05) is 13.2 Å². The molecule has 0 saturated heterocycles. The molecule has 1 aromatic carbocycles. The van der Waals surface area contributed by atoms with Crippen LogP contribution in [0, 0.1) is 11.8 Å². The molecule has 0 aromatic heterocycles. The zero-order valence-corrected chi connectivity index (χ0v) is 16.2. The minimum absolute atomic E-state index is 0.0808. The van der Waals surface area contributed by atoms with Gasteiger partial charge in [-0.3, -0.25) is 4.79 Å². The Labute approximate surface area is 160 Å². The number of amides is 1. The summed E-state index contributed by atoms with van der Waals surface area (Å²) in [5.74, 6) is 3.68. The maximum absolute atomic E-state index is 12.8. The number of hydrogen-bond acceptors (Lipinski definition) is 5. The molecule has 0 N–H and O–H groups in total. The van der Waals surface area contributed by atoms with E-state index in [2.05, 4.69) is 11.8 Å². The van der Waals surface area contributed by atoms with Crippen LogP contribution in [0.4, 0.5) is 0 Å². The van der Waals surface area contributed by atoms with Crippen LogP contribution in [0.25, 0.3) is 0 Å². The summed E-state index contributed by atoms with van der Waals surface area (Å²) in [4.78, 5) is 38.8. The molecular weight excluding hydrogens is 346 g/mol. The van der Waals surface area contributed by atoms with Gasteiger partial charge in [0.15, 0.2) is 0 Å². The van der Waals surface area contributed by atoms with Crippen LogP contribution >= 0.6 is 0 Å². The van der Waals surface area contributed by atoms with Gasteiger partial charge in [-0.05, 0) is 25.8 Å². The molecule has 0 heterocycles. The Bertz CT molecular complexity index is 657. The first kappa shape index (κ1) is 22.2. The van der Waals surface area contributed by atoms with Crippen LogP contribution < -0.4 is 0 Å². The van der Waals surface area contributed by atoms with Crippen molar-refractivity contribution in [3.63, 3.8) is 0 Å². The summed E-state index contributed by atoms with van der Waals surface area (Å²) < 4.78 is 10.0. The van der Waals surface area contributed by atoms with Crippen LogP contribution in [0.3, 0.4) is 0 Å². The second-order valence-corrected chi connectivity index (χ2v) is 5.69. The summed E-state index contributed by atoms with van der Waals surface area (Å²) in [5, 5.41) is 0. The lowest BCUT2D eigenvalue weighted by Gasteiger charge is -2.28. The quantitative estimate of drug-likeness (QED) is 0.378. The van der Waals surface area contributed by atoms with Gasteiger partial charge in [0.05, 0.1) is 19.6 Å². The number of unbranched alkanes of at least 4 members (excludes halogenated alkanes) is 1. The molecule has 0 spiro atoms. The van der Waals surface area contributed by atoms with Gasteiger partial charge in [-0.2, -0.15) is 0 Å². The van der Waals surface area contributed by atoms with Crippen molar-refractivity contribution < 1.29 is 23.9 Å². The van der Waals surface area contributed by atoms with Crippen LogP contribution in [-0.2, 0) is 30.4 Å². The Kier molecular flexibility index (Phi) is 10.3. The van der Waals surface area contributed by atoms with Crippen LogP contribution in [0.1, 0.15) is 45.6 Å². The molecule has 0 saturated carbocycles. The molecule has 6 heteroatoms. The molecule has 27 heavy (non-hydrogen) atoms. The van der Waals surface area contributed by atoms with Gasteiger partial charge in [-0.15, -0.1) is 5.92 Å². The molecule has 0 fully saturated rings. The van der Waals surface area contributed by atoms with Crippen LogP contribution in [0.15, 0.2) is 30.3 Å². The Hall–Kier alpha value is -2.81. The van der Waals surface area contributed by atoms with E-state index in [1.54, 1.807) is 13.8 Å². The highest BCUT2D eigenvalue weighted by molar-refractivity contribution is 6.02. The third-order valence-electron chi connectivity index (χ3n) is 3.59. The van der Waals surface area contributed by atoms with Crippen molar-refractivity contribution in [2.45, 2.75) is 52.6 Å². The van der Waals surface area contributed by atoms with E-state index < -0.39 is 23.9 Å². The normalized spacial score (nSPS) is 9.93. The number of ether oxygens (including phenoxy) is 2. The van der Waals surface area contributed by atoms with E-state index in [0.717, 1.165) is 12.0 Å². The summed E-state index contributed by atoms with van der Waals surface area (Å²) >= 11 is 0. The predicted octanol–water partition coefficient (Wildman–Crippen LogP) is 2.70. The number of carbonyl (C=O) groups excluding carboxylic acids is 3. The molecule has 0 aliphatic heterocycles. The van der Waals surface area contributed by atoms with Gasteiger partial charge in [0.2, 0.25) is 11.9 Å². The minimum Gasteiger partial charge on any atom is -0.464 e. The van der Waals surface area contributed by atoms with E-state index in [1.165, 1.54) is 4.90 Å². The molecule has 0 aliphatic carbocycles. The number of hydrogen-bond donors (Lipinski definition) is 0. The second-order valence-electron chi connectivity index (χ2n) is 5.69. The van der Waals surface area contributed by atoms with E-state index in [-0.39, 0.29) is 26.2 Å². The van der Waals surface area contributed by atoms with Crippen molar-refractivity contribution in [3.8, 4) is 11.8 Å². The largest absolute Gasteiger partial charge is 0.464 e. The fourth-order valence-electron chi connectivity index (χ4n) is 2.35. The first-order valence-electron chi connectivity index (χ1n) is 9.17. The van der Waals surface area contributed by atoms with Crippen molar-refractivity contribution in [1.29, 1.82) is 0 Å². The lowest BCUT2D eigenvalue weighted by Crippen LogP contribution is -2.50. The topological polar surface area (TPSA) is 72.9 Å². The molecule has 0 radical (unpaired) electrons. The van der Waals surface area contributed by atoms with E-state index in [1.807, 2.05) is 37.3 Å². The van der Waals surface area contributed by atoms with Crippen LogP contribution in [0.5, 0.6) is 0 Å². The van der Waals surface area contributed by atoms with Crippen molar-refractivity contribution in [2.24, 2.45) is 0 Å². The Morgan fingerprint density at radius 3 is 2.07 bits per heavy atom. The smallest absolute Gasteiger partial charge is 0.340 e. The van der Waals surface area contributed by atoms with Gasteiger partial charge in [-0.25, -0.2) is 9.59 Å². The highest BCUT2D eigenvalue weighted by atomic mass is 16.6. The minimum atomic E-state index is -1.45. The second kappa shape index (κ2) is 12.5. The molecule has 146 valence electrons. The predicted molar refractivity (Wildman–Crippen MR) is 101 cm³/mol. The van der Waals surface area contributed by atoms with Crippen molar-refractivity contribution >= 4 is 17.8 Å². The fourth-order valence-corrected chi connectivity index (χ4v) is 2.35. The third-order valence-corrected chi connectivity index (χ3v) is 3.59. The van der Waals surface area contributed by atoms with E-state index >= 15 is 0 Å². The SMILES string of the molecule is CCCC#CCC(=O)N(Cc1ccccc1)C(C(=O)OCC)C(=O)OCC. The average molecular weight is 373 g/mol. The molecule has 6 nitrogen and oxygen atoms in total. The van der Waals surface area contributed by atoms with E-state index in [0.29, 0.717) is 6.42 Å². The maximum atomic E-state index is 12.8. The lowest BCUT2D eigenvalue weighted by molar-refractivity contribution is -0.168. The van der Waals surface area contributed by atoms with Gasteiger partial charge in [0.25, 0.3) is 0 Å². The number of rotatable bonds is 9. The highest BCUT2D eigenvalue weighted by Crippen LogP contribution is 2.13. The van der Waals surface area contributed by atoms with Crippen molar-refractivity contribution in [3.05, 3.63) is 35.9 Å². The van der Waals surface area contributed by atoms with E-state index in [9.17, 15) is 14.4 Å². The molecule has 1 amide bonds. The molecule has 0 bridgehead atoms. The molecule has 1 aromatic rings. The zero-order chi connectivity index (χ0) is 20.1. The number of carbonyl (C=O) groups is 3. The first-order valence-corrected chi connectivity index (χ1v) is 9.17. The summed E-state index contributed by atoms with van der Waals surface area (Å²) in [6, 6.07) is 7.67. The fraction of sp³-hybridized carbons (Fsp3) is 0.476. The van der Waals surface area contributed by atoms with Gasteiger partial charge < -0.3 is 14.4 Å². The zero-order valence-electron chi connectivity index (χ0n) is 16.2. The molecule has 1 rings (SSSR count). The standard InChI is InChI=1S/C21H27NO5/c1-4-7-8-12-15-18(23)22(16-17-13-10-9-11-14-17)19(20(24)26-5-2)21(25)27-6-3/h9-11,13-14,19H,4-7,15-16H2,1-3H3. The van der Waals surface area contributed by atoms with Crippen LogP contribution in [-0.4, -0.2) is 42.0 Å². The van der Waals surface area contributed by atoms with Crippen LogP contribution in [0.2, 0.25) is 0 Å². The van der Waals surface area contributed by atoms with Gasteiger partial charge >= 0.3 is 11.9 Å². The van der Waals surface area contributed by atoms with Gasteiger partial charge in [-0.1, -0.05) is 43.2 Å². The monoisotopic (exact) mass is 373 g/mol. The number of benzene rings is 1. The van der Waals surface area contributed by atoms with Crippen molar-refractivity contribution in [1.82, 2.24) is 4.90 Å². The molecule has 0 aliphatic rings. The number of esters is 2. The number of nitrogens with zero attached hydrogens (tertiary/aromatic N) is 1. The summed E-state index contributed by atoms with van der Waals surface area (Å²) in [7, 11) is 0. The van der Waals surface area contributed by atoms with Gasteiger partial charge in [0, 0.05) is 13.0 Å². The van der Waals surface area contributed by atoms with E-state index in [4.69, 9.17) is 9.47 Å². The Balaban J connectivity index is 3.16. The molecule has 0 unspecified atom stereocenters. The maximum Gasteiger partial charge on any atom is 0.340 e. The first-order chi connectivity index (χ1) is 13.0. The Morgan fingerprint density at radius 1 is 0.963 bits per heavy atom. The molecular formula is C21H27NO5. The molecule has 0 atom stereocenters. The van der Waals surface area contributed by atoms with Gasteiger partial charge in [0.1, 0.15) is 0 Å². The highest BCUT2D eigenvalue weighted by Gasteiger charge is 2.38. The lowest BCUT2D eigenvalue weighted by atomic mass is 10.1. The Morgan fingerprint density at radius 2 is 1.56 bits per heavy atom. The summed E-state index contributed by atoms with van der Waals surface area (Å²) in [6.07, 6.45) is 1.50. The average Bonchev–Trinajstić information content (AvgIpc) is 2.66.